The van der Waals surface area contributed by atoms with Crippen molar-refractivity contribution in [2.24, 2.45) is 5.92 Å². The van der Waals surface area contributed by atoms with Gasteiger partial charge in [0.05, 0.1) is 18.3 Å². The second-order valence-corrected chi connectivity index (χ2v) is 9.48. The number of aromatic nitrogens is 2. The predicted molar refractivity (Wildman–Crippen MR) is 138 cm³/mol. The molecule has 0 unspecified atom stereocenters. The van der Waals surface area contributed by atoms with E-state index in [0.29, 0.717) is 30.8 Å². The fraction of sp³-hybridized carbons (Fsp3) is 0.345. The molecule has 0 fully saturated rings. The van der Waals surface area contributed by atoms with Crippen LogP contribution in [0.5, 0.6) is 5.88 Å². The first kappa shape index (κ1) is 26.3. The van der Waals surface area contributed by atoms with Gasteiger partial charge in [-0.25, -0.2) is 9.37 Å². The Morgan fingerprint density at radius 1 is 1.19 bits per heavy atom. The third-order valence-electron chi connectivity index (χ3n) is 6.35. The van der Waals surface area contributed by atoms with Gasteiger partial charge in [-0.15, -0.1) is 0 Å². The van der Waals surface area contributed by atoms with E-state index >= 15 is 0 Å². The molecule has 2 aromatic heterocycles. The number of ether oxygens (including phenoxy) is 1. The monoisotopic (exact) mass is 502 g/mol. The van der Waals surface area contributed by atoms with E-state index in [0.717, 1.165) is 5.69 Å². The first-order valence-electron chi connectivity index (χ1n) is 12.3. The van der Waals surface area contributed by atoms with Gasteiger partial charge in [0, 0.05) is 49.1 Å². The van der Waals surface area contributed by atoms with Gasteiger partial charge in [-0.05, 0) is 50.4 Å². The lowest BCUT2D eigenvalue weighted by Gasteiger charge is -2.37. The van der Waals surface area contributed by atoms with Crippen LogP contribution in [0.4, 0.5) is 4.39 Å². The van der Waals surface area contributed by atoms with E-state index < -0.39 is 0 Å². The lowest BCUT2D eigenvalue weighted by atomic mass is 10.00. The Hall–Kier alpha value is -3.80. The number of hydrogen-bond acceptors (Lipinski definition) is 6. The number of hydrogen-bond donors (Lipinski definition) is 1. The number of fused-ring (bicyclic) bond motifs is 1. The molecule has 37 heavy (non-hydrogen) atoms. The van der Waals surface area contributed by atoms with Gasteiger partial charge in [-0.2, -0.15) is 0 Å². The average Bonchev–Trinajstić information content (AvgIpc) is 2.89. The minimum absolute atomic E-state index is 0.0217. The lowest BCUT2D eigenvalue weighted by Crippen LogP contribution is -2.49. The van der Waals surface area contributed by atoms with Crippen LogP contribution in [0.25, 0.3) is 0 Å². The zero-order valence-electron chi connectivity index (χ0n) is 21.3. The molecule has 3 heterocycles. The van der Waals surface area contributed by atoms with Crippen molar-refractivity contribution in [1.29, 1.82) is 0 Å². The number of carbonyl (C=O) groups is 1. The molecule has 4 rings (SSSR count). The van der Waals surface area contributed by atoms with Crippen LogP contribution in [0.3, 0.4) is 0 Å². The molecule has 0 bridgehead atoms. The van der Waals surface area contributed by atoms with Crippen molar-refractivity contribution in [1.82, 2.24) is 19.8 Å². The van der Waals surface area contributed by atoms with Crippen molar-refractivity contribution in [3.63, 3.8) is 0 Å². The summed E-state index contributed by atoms with van der Waals surface area (Å²) in [7, 11) is 2.00. The number of halogens is 1. The Morgan fingerprint density at radius 2 is 2.00 bits per heavy atom. The SMILES string of the molecule is C[C@H]1CN([C@@H](C)CO)C(=O)c2cc(C#Cc3cccc(F)c3)cnc2O[C@@H]1CN(C)Cc1ccccn1. The number of carbonyl (C=O) groups excluding carboxylic acids is 1. The van der Waals surface area contributed by atoms with Crippen LogP contribution < -0.4 is 4.74 Å². The van der Waals surface area contributed by atoms with Gasteiger partial charge in [-0.3, -0.25) is 14.7 Å². The summed E-state index contributed by atoms with van der Waals surface area (Å²) in [6.07, 6.45) is 3.07. The molecule has 1 aliphatic rings. The number of rotatable bonds is 6. The zero-order valence-corrected chi connectivity index (χ0v) is 21.3. The molecule has 3 aromatic rings. The van der Waals surface area contributed by atoms with E-state index in [2.05, 4.69) is 26.7 Å². The van der Waals surface area contributed by atoms with Crippen LogP contribution in [0.15, 0.2) is 60.9 Å². The normalized spacial score (nSPS) is 18.2. The van der Waals surface area contributed by atoms with Gasteiger partial charge in [0.25, 0.3) is 5.91 Å². The van der Waals surface area contributed by atoms with Crippen LogP contribution in [0.1, 0.15) is 41.0 Å². The minimum Gasteiger partial charge on any atom is -0.472 e. The first-order valence-corrected chi connectivity index (χ1v) is 12.3. The zero-order chi connectivity index (χ0) is 26.4. The molecule has 3 atom stereocenters. The van der Waals surface area contributed by atoms with Gasteiger partial charge in [0.2, 0.25) is 5.88 Å². The summed E-state index contributed by atoms with van der Waals surface area (Å²) in [4.78, 5) is 26.2. The molecule has 0 spiro atoms. The van der Waals surface area contributed by atoms with Gasteiger partial charge in [-0.1, -0.05) is 30.9 Å². The van der Waals surface area contributed by atoms with E-state index in [-0.39, 0.29) is 47.8 Å². The molecule has 0 aliphatic carbocycles. The van der Waals surface area contributed by atoms with Crippen LogP contribution >= 0.6 is 0 Å². The second kappa shape index (κ2) is 12.0. The van der Waals surface area contributed by atoms with Gasteiger partial charge < -0.3 is 14.7 Å². The van der Waals surface area contributed by atoms with E-state index in [4.69, 9.17) is 4.74 Å². The fourth-order valence-electron chi connectivity index (χ4n) is 4.24. The Labute approximate surface area is 216 Å². The molecule has 7 nitrogen and oxygen atoms in total. The summed E-state index contributed by atoms with van der Waals surface area (Å²) in [6, 6.07) is 13.1. The quantitative estimate of drug-likeness (QED) is 0.521. The highest BCUT2D eigenvalue weighted by Crippen LogP contribution is 2.27. The molecule has 1 N–H and O–H groups in total. The summed E-state index contributed by atoms with van der Waals surface area (Å²) in [5.74, 6) is 5.45. The summed E-state index contributed by atoms with van der Waals surface area (Å²) < 4.78 is 19.9. The van der Waals surface area contributed by atoms with Crippen LogP contribution in [-0.2, 0) is 6.54 Å². The van der Waals surface area contributed by atoms with Crippen LogP contribution in [-0.4, -0.2) is 69.7 Å². The third kappa shape index (κ3) is 6.70. The Kier molecular flexibility index (Phi) is 8.49. The average molecular weight is 503 g/mol. The topological polar surface area (TPSA) is 78.8 Å². The summed E-state index contributed by atoms with van der Waals surface area (Å²) >= 11 is 0. The number of amides is 1. The number of aliphatic hydroxyl groups excluding tert-OH is 1. The maximum absolute atomic E-state index is 13.6. The molecule has 0 saturated carbocycles. The summed E-state index contributed by atoms with van der Waals surface area (Å²) in [5, 5.41) is 9.85. The van der Waals surface area contributed by atoms with Crippen molar-refractivity contribution in [3.8, 4) is 17.7 Å². The van der Waals surface area contributed by atoms with Crippen molar-refractivity contribution < 1.29 is 19.0 Å². The van der Waals surface area contributed by atoms with Gasteiger partial charge >= 0.3 is 0 Å². The van der Waals surface area contributed by atoms with Crippen LogP contribution in [0.2, 0.25) is 0 Å². The molecule has 192 valence electrons. The van der Waals surface area contributed by atoms with E-state index in [9.17, 15) is 14.3 Å². The van der Waals surface area contributed by atoms with E-state index in [1.807, 2.05) is 39.1 Å². The molecular formula is C29H31FN4O3. The number of aliphatic hydroxyl groups is 1. The highest BCUT2D eigenvalue weighted by Gasteiger charge is 2.34. The smallest absolute Gasteiger partial charge is 0.259 e. The molecule has 0 radical (unpaired) electrons. The van der Waals surface area contributed by atoms with Crippen molar-refractivity contribution >= 4 is 5.91 Å². The number of pyridine rings is 2. The largest absolute Gasteiger partial charge is 0.472 e. The predicted octanol–water partition coefficient (Wildman–Crippen LogP) is 3.37. The molecular weight excluding hydrogens is 471 g/mol. The third-order valence-corrected chi connectivity index (χ3v) is 6.35. The fourth-order valence-corrected chi connectivity index (χ4v) is 4.24. The summed E-state index contributed by atoms with van der Waals surface area (Å²) in [5.41, 5.74) is 2.27. The Bertz CT molecular complexity index is 1290. The standard InChI is InChI=1S/C29H31FN4O3/c1-20-16-34(21(2)19-35)29(36)26-14-23(11-10-22-7-6-8-24(30)13-22)15-32-28(26)37-27(20)18-33(3)17-25-9-4-5-12-31-25/h4-9,12-15,20-21,27,35H,16-19H2,1-3H3/t20-,21-,27+/m0/s1. The molecule has 1 aliphatic heterocycles. The first-order chi connectivity index (χ1) is 17.8. The van der Waals surface area contributed by atoms with E-state index in [1.165, 1.54) is 12.1 Å². The molecule has 1 amide bonds. The number of benzene rings is 1. The Morgan fingerprint density at radius 3 is 2.73 bits per heavy atom. The van der Waals surface area contributed by atoms with Crippen molar-refractivity contribution in [2.45, 2.75) is 32.5 Å². The highest BCUT2D eigenvalue weighted by atomic mass is 19.1. The van der Waals surface area contributed by atoms with Gasteiger partial charge in [0.1, 0.15) is 17.5 Å². The molecule has 1 aromatic carbocycles. The minimum atomic E-state index is -0.380. The number of nitrogens with zero attached hydrogens (tertiary/aromatic N) is 4. The number of likely N-dealkylation sites (N-methyl/N-ethyl adjacent to an activating group) is 1. The Balaban J connectivity index is 1.63. The maximum atomic E-state index is 13.6. The summed E-state index contributed by atoms with van der Waals surface area (Å²) in [6.45, 7) is 5.35. The lowest BCUT2D eigenvalue weighted by molar-refractivity contribution is 0.0324. The molecule has 8 heteroatoms. The van der Waals surface area contributed by atoms with Crippen molar-refractivity contribution in [2.75, 3.05) is 26.7 Å². The van der Waals surface area contributed by atoms with Gasteiger partial charge in [0.15, 0.2) is 0 Å². The molecule has 0 saturated heterocycles. The maximum Gasteiger partial charge on any atom is 0.259 e. The van der Waals surface area contributed by atoms with Crippen molar-refractivity contribution in [3.05, 3.63) is 89.1 Å². The van der Waals surface area contributed by atoms with E-state index in [1.54, 1.807) is 35.5 Å². The highest BCUT2D eigenvalue weighted by molar-refractivity contribution is 5.97. The second-order valence-electron chi connectivity index (χ2n) is 9.48. The van der Waals surface area contributed by atoms with Crippen LogP contribution in [0, 0.1) is 23.6 Å².